The Bertz CT molecular complexity index is 635. The molecule has 3 rings (SSSR count). The van der Waals surface area contributed by atoms with Crippen molar-refractivity contribution < 1.29 is 9.31 Å². The summed E-state index contributed by atoms with van der Waals surface area (Å²) in [6.07, 6.45) is 0. The molecule has 7 heteroatoms. The minimum Gasteiger partial charge on any atom is -0.399 e. The lowest BCUT2D eigenvalue weighted by molar-refractivity contribution is 0.00578. The van der Waals surface area contributed by atoms with Gasteiger partial charge in [0.25, 0.3) is 0 Å². The molecule has 1 aromatic carbocycles. The maximum Gasteiger partial charge on any atom is 0.494 e. The fourth-order valence-electron chi connectivity index (χ4n) is 2.24. The van der Waals surface area contributed by atoms with Gasteiger partial charge in [-0.05, 0) is 43.6 Å². The first-order valence-corrected chi connectivity index (χ1v) is 6.98. The average Bonchev–Trinajstić information content (AvgIpc) is 2.92. The molecule has 0 N–H and O–H groups in total. The van der Waals surface area contributed by atoms with Gasteiger partial charge < -0.3 is 9.31 Å². The minimum absolute atomic E-state index is 0.330. The van der Waals surface area contributed by atoms with Crippen molar-refractivity contribution in [2.45, 2.75) is 38.9 Å². The molecule has 0 spiro atoms. The number of hydrogen-bond donors (Lipinski definition) is 0. The number of nitrogens with zero attached hydrogens (tertiary/aromatic N) is 4. The Hall–Kier alpha value is -1.73. The maximum atomic E-state index is 6.04. The van der Waals surface area contributed by atoms with E-state index in [0.717, 1.165) is 16.9 Å². The summed E-state index contributed by atoms with van der Waals surface area (Å²) in [5.41, 5.74) is 1.29. The van der Waals surface area contributed by atoms with Crippen LogP contribution in [0.2, 0.25) is 0 Å². The van der Waals surface area contributed by atoms with Crippen molar-refractivity contribution in [2.75, 3.05) is 0 Å². The second kappa shape index (κ2) is 4.64. The molecule has 2 aromatic rings. The van der Waals surface area contributed by atoms with Crippen LogP contribution in [0.1, 0.15) is 27.7 Å². The van der Waals surface area contributed by atoms with Crippen molar-refractivity contribution in [3.05, 3.63) is 24.3 Å². The van der Waals surface area contributed by atoms with Gasteiger partial charge in [0.2, 0.25) is 0 Å². The summed E-state index contributed by atoms with van der Waals surface area (Å²) in [4.78, 5) is 0. The van der Waals surface area contributed by atoms with Crippen LogP contribution >= 0.6 is 0 Å². The Morgan fingerprint density at radius 2 is 1.57 bits per heavy atom. The number of tetrazole rings is 1. The average molecular weight is 286 g/mol. The van der Waals surface area contributed by atoms with E-state index < -0.39 is 0 Å². The van der Waals surface area contributed by atoms with Crippen molar-refractivity contribution in [3.8, 4) is 11.4 Å². The van der Waals surface area contributed by atoms with Crippen molar-refractivity contribution in [2.24, 2.45) is 7.05 Å². The van der Waals surface area contributed by atoms with Gasteiger partial charge in [-0.15, -0.1) is 5.10 Å². The zero-order chi connectivity index (χ0) is 15.3. The van der Waals surface area contributed by atoms with Gasteiger partial charge in [-0.2, -0.15) is 0 Å². The van der Waals surface area contributed by atoms with Crippen LogP contribution in [0.5, 0.6) is 0 Å². The second-order valence-electron chi connectivity index (χ2n) is 6.34. The lowest BCUT2D eigenvalue weighted by atomic mass is 9.79. The number of rotatable bonds is 2. The molecule has 1 saturated heterocycles. The summed E-state index contributed by atoms with van der Waals surface area (Å²) in [7, 11) is 1.47. The maximum absolute atomic E-state index is 6.04. The fraction of sp³-hybridized carbons (Fsp3) is 0.500. The van der Waals surface area contributed by atoms with Gasteiger partial charge >= 0.3 is 7.12 Å². The molecule has 0 radical (unpaired) electrons. The highest BCUT2D eigenvalue weighted by molar-refractivity contribution is 6.62. The van der Waals surface area contributed by atoms with Crippen LogP contribution in [-0.4, -0.2) is 38.5 Å². The Morgan fingerprint density at radius 1 is 1.00 bits per heavy atom. The quantitative estimate of drug-likeness (QED) is 0.776. The van der Waals surface area contributed by atoms with E-state index in [2.05, 4.69) is 15.5 Å². The van der Waals surface area contributed by atoms with Crippen LogP contribution in [-0.2, 0) is 16.4 Å². The second-order valence-corrected chi connectivity index (χ2v) is 6.34. The molecule has 6 nitrogen and oxygen atoms in total. The highest BCUT2D eigenvalue weighted by Crippen LogP contribution is 2.36. The first kappa shape index (κ1) is 14.2. The molecule has 110 valence electrons. The summed E-state index contributed by atoms with van der Waals surface area (Å²) in [5, 5.41) is 11.5. The van der Waals surface area contributed by atoms with E-state index in [4.69, 9.17) is 9.31 Å². The van der Waals surface area contributed by atoms with Gasteiger partial charge in [0.05, 0.1) is 11.2 Å². The van der Waals surface area contributed by atoms with E-state index in [1.165, 1.54) is 0 Å². The standard InChI is InChI=1S/C14H19BN4O2/c1-13(2)14(3,4)21-15(20-13)11-8-6-10(7-9-11)12-16-17-18-19(12)5/h6-9H,1-5H3. The molecule has 2 heterocycles. The van der Waals surface area contributed by atoms with E-state index in [-0.39, 0.29) is 18.3 Å². The third-order valence-corrected chi connectivity index (χ3v) is 4.31. The van der Waals surface area contributed by atoms with Crippen molar-refractivity contribution in [1.82, 2.24) is 20.2 Å². The monoisotopic (exact) mass is 286 g/mol. The van der Waals surface area contributed by atoms with Crippen LogP contribution in [0.3, 0.4) is 0 Å². The number of aromatic nitrogens is 4. The van der Waals surface area contributed by atoms with Crippen LogP contribution in [0.4, 0.5) is 0 Å². The van der Waals surface area contributed by atoms with Crippen LogP contribution in [0.15, 0.2) is 24.3 Å². The summed E-state index contributed by atoms with van der Waals surface area (Å²) in [6.45, 7) is 8.19. The first-order valence-electron chi connectivity index (χ1n) is 6.98. The fourth-order valence-corrected chi connectivity index (χ4v) is 2.24. The van der Waals surface area contributed by atoms with E-state index >= 15 is 0 Å². The summed E-state index contributed by atoms with van der Waals surface area (Å²) < 4.78 is 13.7. The van der Waals surface area contributed by atoms with E-state index in [0.29, 0.717) is 0 Å². The summed E-state index contributed by atoms with van der Waals surface area (Å²) in [5.74, 6) is 0.732. The highest BCUT2D eigenvalue weighted by Gasteiger charge is 2.51. The highest BCUT2D eigenvalue weighted by atomic mass is 16.7. The first-order chi connectivity index (χ1) is 9.80. The number of benzene rings is 1. The zero-order valence-corrected chi connectivity index (χ0v) is 13.0. The predicted molar refractivity (Wildman–Crippen MR) is 80.0 cm³/mol. The smallest absolute Gasteiger partial charge is 0.399 e. The molecule has 0 unspecified atom stereocenters. The van der Waals surface area contributed by atoms with Gasteiger partial charge in [-0.25, -0.2) is 4.68 Å². The summed E-state index contributed by atoms with van der Waals surface area (Å²) in [6, 6.07) is 7.94. The van der Waals surface area contributed by atoms with Crippen LogP contribution in [0.25, 0.3) is 11.4 Å². The molecule has 0 amide bonds. The largest absolute Gasteiger partial charge is 0.494 e. The van der Waals surface area contributed by atoms with Crippen molar-refractivity contribution in [1.29, 1.82) is 0 Å². The van der Waals surface area contributed by atoms with Crippen molar-refractivity contribution >= 4 is 12.6 Å². The van der Waals surface area contributed by atoms with E-state index in [9.17, 15) is 0 Å². The topological polar surface area (TPSA) is 62.1 Å². The molecule has 0 atom stereocenters. The molecule has 1 aromatic heterocycles. The molecule has 21 heavy (non-hydrogen) atoms. The lowest BCUT2D eigenvalue weighted by Gasteiger charge is -2.32. The Morgan fingerprint density at radius 3 is 2.05 bits per heavy atom. The SMILES string of the molecule is Cn1nnnc1-c1ccc(B2OC(C)(C)C(C)(C)O2)cc1. The Kier molecular flexibility index (Phi) is 3.14. The number of aryl methyl sites for hydroxylation is 1. The lowest BCUT2D eigenvalue weighted by Crippen LogP contribution is -2.41. The normalized spacial score (nSPS) is 20.0. The predicted octanol–water partition coefficient (Wildman–Crippen LogP) is 1.18. The third kappa shape index (κ3) is 2.36. The van der Waals surface area contributed by atoms with Crippen molar-refractivity contribution in [3.63, 3.8) is 0 Å². The number of hydrogen-bond acceptors (Lipinski definition) is 5. The van der Waals surface area contributed by atoms with Crippen LogP contribution in [0, 0.1) is 0 Å². The minimum atomic E-state index is -0.346. The van der Waals surface area contributed by atoms with Gasteiger partial charge in [0, 0.05) is 12.6 Å². The summed E-state index contributed by atoms with van der Waals surface area (Å²) >= 11 is 0. The zero-order valence-electron chi connectivity index (χ0n) is 13.0. The molecule has 0 saturated carbocycles. The molecule has 1 aliphatic heterocycles. The molecule has 0 bridgehead atoms. The van der Waals surface area contributed by atoms with Crippen LogP contribution < -0.4 is 5.46 Å². The van der Waals surface area contributed by atoms with E-state index in [1.54, 1.807) is 4.68 Å². The van der Waals surface area contributed by atoms with Gasteiger partial charge in [0.15, 0.2) is 5.82 Å². The molecular formula is C14H19BN4O2. The molecule has 1 fully saturated rings. The molecule has 1 aliphatic rings. The van der Waals surface area contributed by atoms with Gasteiger partial charge in [-0.3, -0.25) is 0 Å². The third-order valence-electron chi connectivity index (χ3n) is 4.31. The van der Waals surface area contributed by atoms with E-state index in [1.807, 2.05) is 59.0 Å². The Balaban J connectivity index is 1.85. The molecular weight excluding hydrogens is 267 g/mol. The van der Waals surface area contributed by atoms with Gasteiger partial charge in [0.1, 0.15) is 0 Å². The Labute approximate surface area is 124 Å². The van der Waals surface area contributed by atoms with Gasteiger partial charge in [-0.1, -0.05) is 24.3 Å². The molecule has 0 aliphatic carbocycles.